The van der Waals surface area contributed by atoms with Crippen LogP contribution in [0, 0.1) is 5.82 Å². The van der Waals surface area contributed by atoms with Crippen molar-refractivity contribution in [3.05, 3.63) is 58.3 Å². The van der Waals surface area contributed by atoms with Crippen molar-refractivity contribution in [2.45, 2.75) is 13.0 Å². The zero-order valence-electron chi connectivity index (χ0n) is 14.1. The van der Waals surface area contributed by atoms with Gasteiger partial charge < -0.3 is 15.0 Å². The smallest absolute Gasteiger partial charge is 0.263 e. The fourth-order valence-corrected chi connectivity index (χ4v) is 2.64. The highest BCUT2D eigenvalue weighted by atomic mass is 35.5. The zero-order chi connectivity index (χ0) is 19.3. The number of carbonyl (C=O) groups is 2. The number of carbonyl (C=O) groups excluding carboxylic acids is 2. The third-order valence-electron chi connectivity index (χ3n) is 3.41. The van der Waals surface area contributed by atoms with Crippen LogP contribution in [-0.2, 0) is 9.59 Å². The first kappa shape index (κ1) is 20.0. The van der Waals surface area contributed by atoms with Crippen LogP contribution in [0.4, 0.5) is 10.1 Å². The predicted octanol–water partition coefficient (Wildman–Crippen LogP) is 4.00. The molecule has 0 spiro atoms. The lowest BCUT2D eigenvalue weighted by Crippen LogP contribution is -2.42. The number of hydrogen-bond donors (Lipinski definition) is 1. The zero-order valence-corrected chi connectivity index (χ0v) is 15.6. The molecule has 0 radical (unpaired) electrons. The summed E-state index contributed by atoms with van der Waals surface area (Å²) < 4.78 is 18.7. The van der Waals surface area contributed by atoms with Gasteiger partial charge in [-0.2, -0.15) is 0 Å². The lowest BCUT2D eigenvalue weighted by molar-refractivity contribution is -0.139. The molecule has 2 aromatic carbocycles. The molecular formula is C18H17Cl2FN2O3. The van der Waals surface area contributed by atoms with E-state index < -0.39 is 23.7 Å². The van der Waals surface area contributed by atoms with Crippen molar-refractivity contribution in [2.24, 2.45) is 0 Å². The number of anilines is 1. The number of likely N-dealkylation sites (N-methyl/N-ethyl adjacent to an activating group) is 1. The highest BCUT2D eigenvalue weighted by Gasteiger charge is 2.22. The Morgan fingerprint density at radius 2 is 1.96 bits per heavy atom. The summed E-state index contributed by atoms with van der Waals surface area (Å²) in [6.07, 6.45) is -0.861. The van der Waals surface area contributed by atoms with Crippen LogP contribution in [0.5, 0.6) is 5.75 Å². The number of nitrogens with one attached hydrogen (secondary N) is 1. The van der Waals surface area contributed by atoms with Crippen LogP contribution in [0.2, 0.25) is 10.0 Å². The first-order valence-electron chi connectivity index (χ1n) is 7.68. The fraction of sp³-hybridized carbons (Fsp3) is 0.222. The molecule has 26 heavy (non-hydrogen) atoms. The SMILES string of the molecule is CC(Oc1ccc(Cl)cc1Cl)C(=O)N(C)CC(=O)Nc1cccc(F)c1. The van der Waals surface area contributed by atoms with E-state index in [1.54, 1.807) is 25.1 Å². The molecule has 138 valence electrons. The van der Waals surface area contributed by atoms with Gasteiger partial charge in [-0.25, -0.2) is 4.39 Å². The Hall–Kier alpha value is -2.31. The molecule has 2 aromatic rings. The van der Waals surface area contributed by atoms with Crippen LogP contribution in [0.1, 0.15) is 6.92 Å². The van der Waals surface area contributed by atoms with Crippen molar-refractivity contribution in [1.82, 2.24) is 4.90 Å². The molecule has 1 unspecified atom stereocenters. The first-order valence-corrected chi connectivity index (χ1v) is 8.44. The maximum Gasteiger partial charge on any atom is 0.263 e. The minimum absolute atomic E-state index is 0.211. The number of hydrogen-bond acceptors (Lipinski definition) is 3. The van der Waals surface area contributed by atoms with E-state index in [1.165, 1.54) is 36.2 Å². The van der Waals surface area contributed by atoms with Gasteiger partial charge in [0.1, 0.15) is 11.6 Å². The second-order valence-corrected chi connectivity index (χ2v) is 6.43. The molecule has 2 amide bonds. The monoisotopic (exact) mass is 398 g/mol. The topological polar surface area (TPSA) is 58.6 Å². The molecule has 8 heteroatoms. The van der Waals surface area contributed by atoms with Gasteiger partial charge in [0.15, 0.2) is 6.10 Å². The Balaban J connectivity index is 1.92. The quantitative estimate of drug-likeness (QED) is 0.799. The third-order valence-corrected chi connectivity index (χ3v) is 3.94. The Bertz CT molecular complexity index is 817. The van der Waals surface area contributed by atoms with Gasteiger partial charge >= 0.3 is 0 Å². The normalized spacial score (nSPS) is 11.6. The van der Waals surface area contributed by atoms with Crippen LogP contribution < -0.4 is 10.1 Å². The summed E-state index contributed by atoms with van der Waals surface area (Å²) in [5.41, 5.74) is 0.313. The van der Waals surface area contributed by atoms with Crippen molar-refractivity contribution >= 4 is 40.7 Å². The van der Waals surface area contributed by atoms with E-state index in [2.05, 4.69) is 5.32 Å². The molecule has 0 aliphatic carbocycles. The summed E-state index contributed by atoms with van der Waals surface area (Å²) in [7, 11) is 1.47. The van der Waals surface area contributed by atoms with E-state index in [0.717, 1.165) is 0 Å². The standard InChI is InChI=1S/C18H17Cl2FN2O3/c1-11(26-16-7-6-12(19)8-15(16)20)18(25)23(2)10-17(24)22-14-5-3-4-13(21)9-14/h3-9,11H,10H2,1-2H3,(H,22,24). The lowest BCUT2D eigenvalue weighted by atomic mass is 10.3. The van der Waals surface area contributed by atoms with E-state index in [-0.39, 0.29) is 11.6 Å². The number of amides is 2. The predicted molar refractivity (Wildman–Crippen MR) is 99.2 cm³/mol. The molecule has 1 N–H and O–H groups in total. The van der Waals surface area contributed by atoms with Crippen LogP contribution in [-0.4, -0.2) is 36.4 Å². The van der Waals surface area contributed by atoms with Crippen molar-refractivity contribution in [1.29, 1.82) is 0 Å². The van der Waals surface area contributed by atoms with Gasteiger partial charge in [-0.15, -0.1) is 0 Å². The highest BCUT2D eigenvalue weighted by Crippen LogP contribution is 2.28. The molecule has 0 saturated heterocycles. The maximum atomic E-state index is 13.1. The van der Waals surface area contributed by atoms with Crippen molar-refractivity contribution < 1.29 is 18.7 Å². The highest BCUT2D eigenvalue weighted by molar-refractivity contribution is 6.35. The summed E-state index contributed by atoms with van der Waals surface area (Å²) in [5.74, 6) is -1.02. The van der Waals surface area contributed by atoms with Gasteiger partial charge in [-0.05, 0) is 43.3 Å². The molecule has 1 atom stereocenters. The molecule has 0 heterocycles. The molecule has 0 saturated carbocycles. The van der Waals surface area contributed by atoms with Crippen LogP contribution in [0.3, 0.4) is 0 Å². The van der Waals surface area contributed by atoms with E-state index >= 15 is 0 Å². The molecule has 2 rings (SSSR count). The number of ether oxygens (including phenoxy) is 1. The van der Waals surface area contributed by atoms with Gasteiger partial charge in [0.05, 0.1) is 11.6 Å². The number of halogens is 3. The second kappa shape index (κ2) is 8.87. The minimum Gasteiger partial charge on any atom is -0.479 e. The molecular weight excluding hydrogens is 382 g/mol. The molecule has 0 bridgehead atoms. The van der Waals surface area contributed by atoms with Gasteiger partial charge in [0.25, 0.3) is 5.91 Å². The Morgan fingerprint density at radius 3 is 2.62 bits per heavy atom. The van der Waals surface area contributed by atoms with E-state index in [9.17, 15) is 14.0 Å². The van der Waals surface area contributed by atoms with Gasteiger partial charge in [0, 0.05) is 17.8 Å². The number of nitrogens with zero attached hydrogens (tertiary/aromatic N) is 1. The Kier molecular flexibility index (Phi) is 6.83. The van der Waals surface area contributed by atoms with E-state index in [4.69, 9.17) is 27.9 Å². The van der Waals surface area contributed by atoms with Crippen molar-refractivity contribution in [3.8, 4) is 5.75 Å². The maximum absolute atomic E-state index is 13.1. The molecule has 0 aliphatic heterocycles. The summed E-state index contributed by atoms with van der Waals surface area (Å²) in [6.45, 7) is 1.34. The van der Waals surface area contributed by atoms with E-state index in [1.807, 2.05) is 0 Å². The van der Waals surface area contributed by atoms with Crippen molar-refractivity contribution in [3.63, 3.8) is 0 Å². The minimum atomic E-state index is -0.861. The van der Waals surface area contributed by atoms with Crippen molar-refractivity contribution in [2.75, 3.05) is 18.9 Å². The second-order valence-electron chi connectivity index (χ2n) is 5.59. The van der Waals surface area contributed by atoms with Crippen LogP contribution >= 0.6 is 23.2 Å². The summed E-state index contributed by atoms with van der Waals surface area (Å²) >= 11 is 11.8. The first-order chi connectivity index (χ1) is 12.3. The fourth-order valence-electron chi connectivity index (χ4n) is 2.18. The summed E-state index contributed by atoms with van der Waals surface area (Å²) in [5, 5.41) is 3.26. The van der Waals surface area contributed by atoms with Gasteiger partial charge in [-0.1, -0.05) is 29.3 Å². The van der Waals surface area contributed by atoms with Gasteiger partial charge in [0.2, 0.25) is 5.91 Å². The molecule has 0 aromatic heterocycles. The summed E-state index contributed by atoms with van der Waals surface area (Å²) in [6, 6.07) is 10.1. The number of rotatable bonds is 6. The Morgan fingerprint density at radius 1 is 1.23 bits per heavy atom. The van der Waals surface area contributed by atoms with E-state index in [0.29, 0.717) is 16.5 Å². The van der Waals surface area contributed by atoms with Crippen LogP contribution in [0.15, 0.2) is 42.5 Å². The van der Waals surface area contributed by atoms with Crippen LogP contribution in [0.25, 0.3) is 0 Å². The Labute approximate surface area is 160 Å². The summed E-state index contributed by atoms with van der Waals surface area (Å²) in [4.78, 5) is 25.6. The molecule has 0 aliphatic rings. The van der Waals surface area contributed by atoms with Gasteiger partial charge in [-0.3, -0.25) is 9.59 Å². The number of benzene rings is 2. The lowest BCUT2D eigenvalue weighted by Gasteiger charge is -2.22. The largest absolute Gasteiger partial charge is 0.479 e. The third kappa shape index (κ3) is 5.61. The average Bonchev–Trinajstić information content (AvgIpc) is 2.56. The molecule has 0 fully saturated rings. The molecule has 5 nitrogen and oxygen atoms in total. The average molecular weight is 399 g/mol.